The third-order valence-electron chi connectivity index (χ3n) is 5.62. The molecule has 3 heterocycles. The van der Waals surface area contributed by atoms with E-state index in [-0.39, 0.29) is 11.9 Å². The van der Waals surface area contributed by atoms with Gasteiger partial charge in [0.25, 0.3) is 0 Å². The van der Waals surface area contributed by atoms with E-state index in [4.69, 9.17) is 9.47 Å². The van der Waals surface area contributed by atoms with Gasteiger partial charge in [-0.3, -0.25) is 9.78 Å². The second-order valence-corrected chi connectivity index (χ2v) is 7.37. The second kappa shape index (κ2) is 8.66. The number of ether oxygens (including phenoxy) is 2. The lowest BCUT2D eigenvalue weighted by Crippen LogP contribution is -2.40. The lowest BCUT2D eigenvalue weighted by molar-refractivity contribution is -0.135. The molecular formula is C23H27N3O3. The van der Waals surface area contributed by atoms with Crippen molar-refractivity contribution in [3.63, 3.8) is 0 Å². The minimum absolute atomic E-state index is 0.0463. The predicted molar refractivity (Wildman–Crippen MR) is 112 cm³/mol. The molecule has 1 fully saturated rings. The summed E-state index contributed by atoms with van der Waals surface area (Å²) >= 11 is 0. The highest BCUT2D eigenvalue weighted by Crippen LogP contribution is 2.34. The Hall–Kier alpha value is -2.86. The molecule has 3 aromatic rings. The number of pyridine rings is 1. The first-order chi connectivity index (χ1) is 14.2. The first kappa shape index (κ1) is 19.5. The Balaban J connectivity index is 1.68. The van der Waals surface area contributed by atoms with E-state index in [1.165, 1.54) is 0 Å². The number of carbonyl (C=O) groups excluding carboxylic acids is 1. The van der Waals surface area contributed by atoms with Crippen molar-refractivity contribution in [1.29, 1.82) is 0 Å². The van der Waals surface area contributed by atoms with Gasteiger partial charge in [0.2, 0.25) is 5.91 Å². The molecule has 0 aliphatic carbocycles. The van der Waals surface area contributed by atoms with E-state index >= 15 is 0 Å². The summed E-state index contributed by atoms with van der Waals surface area (Å²) in [6.07, 6.45) is 5.04. The monoisotopic (exact) mass is 393 g/mol. The van der Waals surface area contributed by atoms with Crippen LogP contribution in [0.3, 0.4) is 0 Å². The van der Waals surface area contributed by atoms with Gasteiger partial charge in [-0.25, -0.2) is 0 Å². The number of fused-ring (bicyclic) bond motifs is 1. The zero-order chi connectivity index (χ0) is 20.2. The molecule has 0 spiro atoms. The molecule has 4 rings (SSSR count). The van der Waals surface area contributed by atoms with E-state index < -0.39 is 0 Å². The molecular weight excluding hydrogens is 366 g/mol. The van der Waals surface area contributed by atoms with Gasteiger partial charge in [0.05, 0.1) is 37.6 Å². The van der Waals surface area contributed by atoms with Crippen molar-refractivity contribution in [1.82, 2.24) is 14.5 Å². The molecule has 1 aliphatic heterocycles. The average Bonchev–Trinajstić information content (AvgIpc) is 3.20. The van der Waals surface area contributed by atoms with Crippen molar-refractivity contribution in [3.8, 4) is 5.75 Å². The van der Waals surface area contributed by atoms with Crippen LogP contribution in [0.4, 0.5) is 0 Å². The Morgan fingerprint density at radius 3 is 2.79 bits per heavy atom. The number of morpholine rings is 1. The molecule has 1 saturated heterocycles. The van der Waals surface area contributed by atoms with Crippen LogP contribution in [0.15, 0.2) is 48.8 Å². The lowest BCUT2D eigenvalue weighted by atomic mass is 10.0. The van der Waals surface area contributed by atoms with Gasteiger partial charge in [-0.05, 0) is 37.1 Å². The third-order valence-corrected chi connectivity index (χ3v) is 5.62. The van der Waals surface area contributed by atoms with Crippen LogP contribution in [-0.4, -0.2) is 53.8 Å². The van der Waals surface area contributed by atoms with Gasteiger partial charge in [0.15, 0.2) is 0 Å². The average molecular weight is 393 g/mol. The Labute approximate surface area is 171 Å². The highest BCUT2D eigenvalue weighted by molar-refractivity contribution is 5.86. The Bertz CT molecular complexity index is 992. The SMILES string of the molecule is COc1cccc2ccn(C(CCC(=O)N3CCOCC3)c3ncccc3C)c12. The van der Waals surface area contributed by atoms with Gasteiger partial charge in [-0.15, -0.1) is 0 Å². The number of hydrogen-bond acceptors (Lipinski definition) is 4. The smallest absolute Gasteiger partial charge is 0.222 e. The first-order valence-electron chi connectivity index (χ1n) is 10.1. The number of benzene rings is 1. The van der Waals surface area contributed by atoms with E-state index in [2.05, 4.69) is 40.9 Å². The molecule has 0 N–H and O–H groups in total. The van der Waals surface area contributed by atoms with Crippen molar-refractivity contribution in [2.45, 2.75) is 25.8 Å². The van der Waals surface area contributed by atoms with Gasteiger partial charge in [-0.2, -0.15) is 0 Å². The number of methoxy groups -OCH3 is 1. The minimum atomic E-state index is -0.0463. The van der Waals surface area contributed by atoms with Crippen LogP contribution in [0, 0.1) is 6.92 Å². The fourth-order valence-corrected chi connectivity index (χ4v) is 4.10. The van der Waals surface area contributed by atoms with E-state index in [1.807, 2.05) is 29.3 Å². The maximum atomic E-state index is 12.8. The fraction of sp³-hybridized carbons (Fsp3) is 0.391. The van der Waals surface area contributed by atoms with Crippen LogP contribution >= 0.6 is 0 Å². The van der Waals surface area contributed by atoms with Crippen LogP contribution in [-0.2, 0) is 9.53 Å². The van der Waals surface area contributed by atoms with E-state index in [0.29, 0.717) is 39.1 Å². The van der Waals surface area contributed by atoms with Crippen LogP contribution in [0.5, 0.6) is 5.75 Å². The number of nitrogens with zero attached hydrogens (tertiary/aromatic N) is 3. The molecule has 29 heavy (non-hydrogen) atoms. The number of carbonyl (C=O) groups is 1. The summed E-state index contributed by atoms with van der Waals surface area (Å²) in [5, 5.41) is 1.11. The first-order valence-corrected chi connectivity index (χ1v) is 10.1. The Kier molecular flexibility index (Phi) is 5.81. The van der Waals surface area contributed by atoms with E-state index in [1.54, 1.807) is 7.11 Å². The van der Waals surface area contributed by atoms with Crippen molar-refractivity contribution >= 4 is 16.8 Å². The molecule has 0 radical (unpaired) electrons. The molecule has 6 nitrogen and oxygen atoms in total. The van der Waals surface area contributed by atoms with Crippen molar-refractivity contribution < 1.29 is 14.3 Å². The summed E-state index contributed by atoms with van der Waals surface area (Å²) in [6.45, 7) is 4.66. The van der Waals surface area contributed by atoms with Crippen LogP contribution in [0.1, 0.15) is 30.1 Å². The summed E-state index contributed by atoms with van der Waals surface area (Å²) in [4.78, 5) is 19.4. The van der Waals surface area contributed by atoms with Gasteiger partial charge in [-0.1, -0.05) is 18.2 Å². The van der Waals surface area contributed by atoms with Gasteiger partial charge < -0.3 is 18.9 Å². The second-order valence-electron chi connectivity index (χ2n) is 7.37. The number of hydrogen-bond donors (Lipinski definition) is 0. The molecule has 1 atom stereocenters. The molecule has 6 heteroatoms. The molecule has 1 aromatic carbocycles. The molecule has 152 valence electrons. The Morgan fingerprint density at radius 1 is 1.21 bits per heavy atom. The predicted octanol–water partition coefficient (Wildman–Crippen LogP) is 3.58. The van der Waals surface area contributed by atoms with E-state index in [9.17, 15) is 4.79 Å². The standard InChI is InChI=1S/C23H27N3O3/c1-17-5-4-11-24-22(17)19(8-9-21(27)25-13-15-29-16-14-25)26-12-10-18-6-3-7-20(28-2)23(18)26/h3-7,10-12,19H,8-9,13-16H2,1-2H3. The van der Waals surface area contributed by atoms with Crippen LogP contribution in [0.2, 0.25) is 0 Å². The lowest BCUT2D eigenvalue weighted by Gasteiger charge is -2.28. The number of amides is 1. The largest absolute Gasteiger partial charge is 0.495 e. The molecule has 0 bridgehead atoms. The topological polar surface area (TPSA) is 56.6 Å². The van der Waals surface area contributed by atoms with Gasteiger partial charge >= 0.3 is 0 Å². The van der Waals surface area contributed by atoms with Crippen molar-refractivity contribution in [2.75, 3.05) is 33.4 Å². The molecule has 2 aromatic heterocycles. The quantitative estimate of drug-likeness (QED) is 0.642. The molecule has 1 aliphatic rings. The summed E-state index contributed by atoms with van der Waals surface area (Å²) in [5.41, 5.74) is 3.14. The highest BCUT2D eigenvalue weighted by atomic mass is 16.5. The van der Waals surface area contributed by atoms with E-state index in [0.717, 1.165) is 27.9 Å². The maximum Gasteiger partial charge on any atom is 0.222 e. The minimum Gasteiger partial charge on any atom is -0.495 e. The summed E-state index contributed by atoms with van der Waals surface area (Å²) in [5.74, 6) is 1.00. The van der Waals surface area contributed by atoms with Crippen molar-refractivity contribution in [2.24, 2.45) is 0 Å². The zero-order valence-corrected chi connectivity index (χ0v) is 17.0. The third kappa shape index (κ3) is 3.98. The van der Waals surface area contributed by atoms with Gasteiger partial charge in [0, 0.05) is 37.3 Å². The number of rotatable bonds is 6. The molecule has 1 unspecified atom stereocenters. The Morgan fingerprint density at radius 2 is 2.03 bits per heavy atom. The number of para-hydroxylation sites is 1. The van der Waals surface area contributed by atoms with Crippen LogP contribution in [0.25, 0.3) is 10.9 Å². The van der Waals surface area contributed by atoms with Crippen LogP contribution < -0.4 is 4.74 Å². The maximum absolute atomic E-state index is 12.8. The highest BCUT2D eigenvalue weighted by Gasteiger charge is 2.24. The number of aryl methyl sites for hydroxylation is 1. The van der Waals surface area contributed by atoms with Gasteiger partial charge in [0.1, 0.15) is 5.75 Å². The normalized spacial score (nSPS) is 15.4. The number of aromatic nitrogens is 2. The van der Waals surface area contributed by atoms with Crippen molar-refractivity contribution in [3.05, 3.63) is 60.0 Å². The molecule has 0 saturated carbocycles. The fourth-order valence-electron chi connectivity index (χ4n) is 4.10. The zero-order valence-electron chi connectivity index (χ0n) is 17.0. The summed E-state index contributed by atoms with van der Waals surface area (Å²) < 4.78 is 13.2. The summed E-state index contributed by atoms with van der Waals surface area (Å²) in [7, 11) is 1.69. The summed E-state index contributed by atoms with van der Waals surface area (Å²) in [6, 6.07) is 12.1. The molecule has 1 amide bonds.